The van der Waals surface area contributed by atoms with Crippen molar-refractivity contribution in [3.05, 3.63) is 18.1 Å². The van der Waals surface area contributed by atoms with Crippen LogP contribution in [0.25, 0.3) is 0 Å². The Balaban J connectivity index is 2.83. The van der Waals surface area contributed by atoms with E-state index in [1.165, 1.54) is 6.08 Å². The Labute approximate surface area is 36.7 Å². The fourth-order valence-electron chi connectivity index (χ4n) is 0. The standard InChI is InChI=1S/C3H5OS/c1-2-3(4)5/h2,4-5H,1H2. The van der Waals surface area contributed by atoms with Crippen LogP contribution in [0.15, 0.2) is 12.7 Å². The molecule has 0 amide bonds. The van der Waals surface area contributed by atoms with Gasteiger partial charge in [-0.1, -0.05) is 6.58 Å². The van der Waals surface area contributed by atoms with Gasteiger partial charge in [0.2, 0.25) is 0 Å². The zero-order valence-electron chi connectivity index (χ0n) is 2.68. The first-order valence-electron chi connectivity index (χ1n) is 1.14. The van der Waals surface area contributed by atoms with Crippen LogP contribution in [0.3, 0.4) is 0 Å². The van der Waals surface area contributed by atoms with Gasteiger partial charge in [-0.2, -0.15) is 0 Å². The molecule has 29 valence electrons. The molecule has 0 atom stereocenters. The van der Waals surface area contributed by atoms with Crippen molar-refractivity contribution in [1.29, 1.82) is 0 Å². The first kappa shape index (κ1) is 5.05. The van der Waals surface area contributed by atoms with Crippen molar-refractivity contribution >= 4 is 12.6 Å². The predicted octanol–water partition coefficient (Wildman–Crippen LogP) is 0.964. The maximum Gasteiger partial charge on any atom is 0.167 e. The van der Waals surface area contributed by atoms with Crippen LogP contribution in [0.5, 0.6) is 0 Å². The highest BCUT2D eigenvalue weighted by Gasteiger charge is 1.79. The normalized spacial score (nSPS) is 8.60. The third-order valence-corrected chi connectivity index (χ3v) is 0.365. The van der Waals surface area contributed by atoms with Gasteiger partial charge in [-0.25, -0.2) is 0 Å². The number of hydrogen-bond acceptors (Lipinski definition) is 2. The van der Waals surface area contributed by atoms with E-state index < -0.39 is 0 Å². The second-order valence-electron chi connectivity index (χ2n) is 0.562. The molecule has 0 heterocycles. The number of rotatable bonds is 1. The third-order valence-electron chi connectivity index (χ3n) is 0.183. The van der Waals surface area contributed by atoms with E-state index in [1.54, 1.807) is 0 Å². The Morgan fingerprint density at radius 2 is 2.20 bits per heavy atom. The van der Waals surface area contributed by atoms with Crippen LogP contribution in [0.4, 0.5) is 0 Å². The molecule has 0 aromatic rings. The summed E-state index contributed by atoms with van der Waals surface area (Å²) in [5.74, 6) is 0. The lowest BCUT2D eigenvalue weighted by atomic mass is 10.7. The van der Waals surface area contributed by atoms with Crippen molar-refractivity contribution in [1.82, 2.24) is 0 Å². The summed E-state index contributed by atoms with van der Waals surface area (Å²) in [7, 11) is 0. The molecule has 5 heavy (non-hydrogen) atoms. The summed E-state index contributed by atoms with van der Waals surface area (Å²) in [6, 6.07) is 0. The average Bonchev–Trinajstić information content (AvgIpc) is 1.38. The maximum atomic E-state index is 8.02. The minimum atomic E-state index is -0.0370. The second-order valence-corrected chi connectivity index (χ2v) is 1.02. The lowest BCUT2D eigenvalue weighted by Gasteiger charge is -1.81. The highest BCUT2D eigenvalue weighted by atomic mass is 32.1. The van der Waals surface area contributed by atoms with Crippen molar-refractivity contribution < 1.29 is 5.11 Å². The van der Waals surface area contributed by atoms with E-state index in [0.29, 0.717) is 0 Å². The molecule has 2 heteroatoms. The van der Waals surface area contributed by atoms with Gasteiger partial charge in [-0.05, 0) is 6.08 Å². The van der Waals surface area contributed by atoms with Gasteiger partial charge in [0, 0.05) is 0 Å². The maximum absolute atomic E-state index is 8.02. The van der Waals surface area contributed by atoms with E-state index in [0.717, 1.165) is 0 Å². The number of hydrogen-bond donors (Lipinski definition) is 2. The fourth-order valence-corrected chi connectivity index (χ4v) is 0. The molecule has 0 fully saturated rings. The third kappa shape index (κ3) is 4.05. The SMILES string of the molecule is C=C[C](O)S. The Morgan fingerprint density at radius 1 is 2.00 bits per heavy atom. The van der Waals surface area contributed by atoms with Crippen LogP contribution in [0, 0.1) is 5.44 Å². The lowest BCUT2D eigenvalue weighted by Crippen LogP contribution is -1.69. The van der Waals surface area contributed by atoms with Crippen molar-refractivity contribution in [2.75, 3.05) is 0 Å². The highest BCUT2D eigenvalue weighted by Crippen LogP contribution is 1.95. The quantitative estimate of drug-likeness (QED) is 0.458. The van der Waals surface area contributed by atoms with Crippen LogP contribution in [-0.2, 0) is 0 Å². The van der Waals surface area contributed by atoms with Gasteiger partial charge in [0.1, 0.15) is 0 Å². The van der Waals surface area contributed by atoms with Crippen LogP contribution in [-0.4, -0.2) is 5.11 Å². The van der Waals surface area contributed by atoms with Crippen molar-refractivity contribution in [2.24, 2.45) is 0 Å². The van der Waals surface area contributed by atoms with Crippen LogP contribution in [0.1, 0.15) is 0 Å². The fraction of sp³-hybridized carbons (Fsp3) is 0. The second kappa shape index (κ2) is 2.30. The molecule has 1 nitrogen and oxygen atoms in total. The monoisotopic (exact) mass is 89.0 g/mol. The molecule has 0 unspecified atom stereocenters. The van der Waals surface area contributed by atoms with E-state index in [2.05, 4.69) is 19.2 Å². The summed E-state index contributed by atoms with van der Waals surface area (Å²) in [5.41, 5.74) is -0.0370. The number of thiol groups is 1. The van der Waals surface area contributed by atoms with E-state index in [1.807, 2.05) is 0 Å². The van der Waals surface area contributed by atoms with Crippen molar-refractivity contribution in [3.63, 3.8) is 0 Å². The molecule has 0 spiro atoms. The summed E-state index contributed by atoms with van der Waals surface area (Å²) in [6.45, 7) is 3.20. The van der Waals surface area contributed by atoms with Crippen LogP contribution < -0.4 is 0 Å². The minimum Gasteiger partial charge on any atom is -0.372 e. The Morgan fingerprint density at radius 3 is 2.20 bits per heavy atom. The van der Waals surface area contributed by atoms with Gasteiger partial charge in [0.25, 0.3) is 0 Å². The summed E-state index contributed by atoms with van der Waals surface area (Å²) in [6.07, 6.45) is 1.25. The first-order chi connectivity index (χ1) is 2.27. The van der Waals surface area contributed by atoms with Crippen molar-refractivity contribution in [2.45, 2.75) is 0 Å². The van der Waals surface area contributed by atoms with Crippen LogP contribution >= 0.6 is 12.6 Å². The number of aliphatic hydroxyl groups excluding tert-OH is 1. The zero-order valence-corrected chi connectivity index (χ0v) is 3.57. The van der Waals surface area contributed by atoms with Crippen LogP contribution in [0.2, 0.25) is 0 Å². The van der Waals surface area contributed by atoms with Gasteiger partial charge in [-0.15, -0.1) is 12.6 Å². The summed E-state index contributed by atoms with van der Waals surface area (Å²) < 4.78 is 0. The Bertz CT molecular complexity index is 33.9. The molecule has 0 aromatic heterocycles. The molecule has 0 aromatic carbocycles. The largest absolute Gasteiger partial charge is 0.372 e. The average molecular weight is 89.1 g/mol. The smallest absolute Gasteiger partial charge is 0.167 e. The van der Waals surface area contributed by atoms with Gasteiger partial charge >= 0.3 is 0 Å². The van der Waals surface area contributed by atoms with Gasteiger partial charge in [-0.3, -0.25) is 0 Å². The molecule has 1 radical (unpaired) electrons. The minimum absolute atomic E-state index is 0.0370. The number of aliphatic hydroxyl groups is 1. The predicted molar refractivity (Wildman–Crippen MR) is 24.4 cm³/mol. The summed E-state index contributed by atoms with van der Waals surface area (Å²) >= 11 is 3.45. The van der Waals surface area contributed by atoms with E-state index in [4.69, 9.17) is 5.11 Å². The molecule has 0 aliphatic rings. The highest BCUT2D eigenvalue weighted by molar-refractivity contribution is 7.83. The lowest BCUT2D eigenvalue weighted by molar-refractivity contribution is 0.401. The topological polar surface area (TPSA) is 20.2 Å². The Kier molecular flexibility index (Phi) is 2.32. The van der Waals surface area contributed by atoms with E-state index in [9.17, 15) is 0 Å². The van der Waals surface area contributed by atoms with Gasteiger partial charge in [0.15, 0.2) is 5.44 Å². The van der Waals surface area contributed by atoms with Gasteiger partial charge < -0.3 is 5.11 Å². The van der Waals surface area contributed by atoms with Crippen molar-refractivity contribution in [3.8, 4) is 0 Å². The molecule has 0 bridgehead atoms. The molecular formula is C3H5OS. The molecule has 0 aliphatic carbocycles. The molecular weight excluding hydrogens is 84.1 g/mol. The van der Waals surface area contributed by atoms with Gasteiger partial charge in [0.05, 0.1) is 0 Å². The molecule has 0 rings (SSSR count). The summed E-state index contributed by atoms with van der Waals surface area (Å²) in [4.78, 5) is 0. The zero-order chi connectivity index (χ0) is 4.28. The molecule has 0 saturated heterocycles. The first-order valence-corrected chi connectivity index (χ1v) is 1.59. The van der Waals surface area contributed by atoms with E-state index in [-0.39, 0.29) is 5.44 Å². The molecule has 1 N–H and O–H groups in total. The molecule has 0 saturated carbocycles. The molecule has 0 aliphatic heterocycles. The van der Waals surface area contributed by atoms with E-state index >= 15 is 0 Å². The Hall–Kier alpha value is 0.0500. The summed E-state index contributed by atoms with van der Waals surface area (Å²) in [5, 5.41) is 8.02.